The largest absolute Gasteiger partial charge is 0.387 e. The maximum absolute atomic E-state index is 12.0. The highest BCUT2D eigenvalue weighted by Crippen LogP contribution is 2.28. The van der Waals surface area contributed by atoms with Crippen molar-refractivity contribution in [2.24, 2.45) is 5.73 Å². The lowest BCUT2D eigenvalue weighted by Crippen LogP contribution is -2.29. The second-order valence-electron chi connectivity index (χ2n) is 2.86. The Morgan fingerprint density at radius 3 is 2.50 bits per heavy atom. The lowest BCUT2D eigenvalue weighted by Gasteiger charge is -2.16. The van der Waals surface area contributed by atoms with Crippen molar-refractivity contribution in [3.05, 3.63) is 0 Å². The highest BCUT2D eigenvalue weighted by Gasteiger charge is 2.35. The summed E-state index contributed by atoms with van der Waals surface area (Å²) in [6.07, 6.45) is 1.69. The predicted molar refractivity (Wildman–Crippen MR) is 40.0 cm³/mol. The Balaban J connectivity index is 0.000000810. The Kier molecular flexibility index (Phi) is 3.56. The molecule has 2 unspecified atom stereocenters. The zero-order chi connectivity index (χ0) is 6.91. The van der Waals surface area contributed by atoms with E-state index in [9.17, 15) is 9.50 Å². The molecule has 1 aliphatic carbocycles. The zero-order valence-corrected chi connectivity index (χ0v) is 6.53. The minimum absolute atomic E-state index is 0. The van der Waals surface area contributed by atoms with Crippen LogP contribution in [0.25, 0.3) is 0 Å². The molecule has 1 saturated carbocycles. The summed E-state index contributed by atoms with van der Waals surface area (Å²) in [5, 5.41) is 9.22. The minimum atomic E-state index is -1.08. The van der Waals surface area contributed by atoms with E-state index in [1.165, 1.54) is 0 Å². The van der Waals surface area contributed by atoms with Gasteiger partial charge < -0.3 is 10.8 Å². The average molecular weight is 170 g/mol. The van der Waals surface area contributed by atoms with Crippen molar-refractivity contribution in [1.82, 2.24) is 0 Å². The van der Waals surface area contributed by atoms with E-state index in [2.05, 4.69) is 0 Å². The minimum Gasteiger partial charge on any atom is -0.387 e. The molecular formula is C6H13ClFNO. The first-order valence-electron chi connectivity index (χ1n) is 3.20. The van der Waals surface area contributed by atoms with Crippen LogP contribution in [-0.4, -0.2) is 23.4 Å². The van der Waals surface area contributed by atoms with Gasteiger partial charge in [0.1, 0.15) is 6.67 Å². The number of hydrogen-bond donors (Lipinski definition) is 2. The van der Waals surface area contributed by atoms with Gasteiger partial charge in [0.15, 0.2) is 0 Å². The molecule has 0 spiro atoms. The van der Waals surface area contributed by atoms with Gasteiger partial charge in [0.05, 0.1) is 5.60 Å². The molecule has 0 aromatic carbocycles. The van der Waals surface area contributed by atoms with Gasteiger partial charge in [-0.15, -0.1) is 12.4 Å². The Hall–Kier alpha value is 0.140. The van der Waals surface area contributed by atoms with Crippen LogP contribution in [0.3, 0.4) is 0 Å². The Labute approximate surface area is 66.0 Å². The summed E-state index contributed by atoms with van der Waals surface area (Å²) in [6.45, 7) is -0.652. The van der Waals surface area contributed by atoms with Crippen molar-refractivity contribution in [3.63, 3.8) is 0 Å². The highest BCUT2D eigenvalue weighted by atomic mass is 35.5. The second-order valence-corrected chi connectivity index (χ2v) is 2.86. The van der Waals surface area contributed by atoms with E-state index < -0.39 is 12.3 Å². The number of aliphatic hydroxyl groups is 1. The zero-order valence-electron chi connectivity index (χ0n) is 5.72. The molecule has 1 aliphatic rings. The summed E-state index contributed by atoms with van der Waals surface area (Å²) in [7, 11) is 0. The van der Waals surface area contributed by atoms with Gasteiger partial charge in [0.25, 0.3) is 0 Å². The first kappa shape index (κ1) is 10.1. The normalized spacial score (nSPS) is 39.3. The average Bonchev–Trinajstić information content (AvgIpc) is 2.13. The van der Waals surface area contributed by atoms with Crippen molar-refractivity contribution < 1.29 is 9.50 Å². The van der Waals surface area contributed by atoms with Gasteiger partial charge in [-0.3, -0.25) is 0 Å². The summed E-state index contributed by atoms with van der Waals surface area (Å²) < 4.78 is 12.0. The first-order valence-corrected chi connectivity index (χ1v) is 3.20. The van der Waals surface area contributed by atoms with Gasteiger partial charge in [-0.2, -0.15) is 0 Å². The van der Waals surface area contributed by atoms with Crippen LogP contribution in [-0.2, 0) is 0 Å². The fourth-order valence-electron chi connectivity index (χ4n) is 1.27. The van der Waals surface area contributed by atoms with E-state index in [4.69, 9.17) is 5.73 Å². The lowest BCUT2D eigenvalue weighted by molar-refractivity contribution is 0.0212. The molecule has 2 atom stereocenters. The fraction of sp³-hybridized carbons (Fsp3) is 1.00. The molecule has 0 saturated heterocycles. The van der Waals surface area contributed by atoms with Crippen LogP contribution >= 0.6 is 12.4 Å². The van der Waals surface area contributed by atoms with E-state index in [1.807, 2.05) is 0 Å². The third kappa shape index (κ3) is 2.08. The lowest BCUT2D eigenvalue weighted by atomic mass is 10.1. The summed E-state index contributed by atoms with van der Waals surface area (Å²) in [5.74, 6) is 0. The third-order valence-corrected chi connectivity index (χ3v) is 1.87. The Morgan fingerprint density at radius 1 is 1.70 bits per heavy atom. The molecule has 0 heterocycles. The van der Waals surface area contributed by atoms with Gasteiger partial charge in [0.2, 0.25) is 0 Å². The molecule has 0 amide bonds. The van der Waals surface area contributed by atoms with E-state index in [0.29, 0.717) is 12.8 Å². The van der Waals surface area contributed by atoms with E-state index in [0.717, 1.165) is 6.42 Å². The quantitative estimate of drug-likeness (QED) is 0.605. The van der Waals surface area contributed by atoms with Crippen molar-refractivity contribution in [3.8, 4) is 0 Å². The molecule has 4 heteroatoms. The maximum atomic E-state index is 12.0. The fourth-order valence-corrected chi connectivity index (χ4v) is 1.27. The Morgan fingerprint density at radius 2 is 2.30 bits per heavy atom. The molecule has 2 nitrogen and oxygen atoms in total. The van der Waals surface area contributed by atoms with Crippen LogP contribution in [0.4, 0.5) is 4.39 Å². The number of rotatable bonds is 1. The molecule has 3 N–H and O–H groups in total. The van der Waals surface area contributed by atoms with Gasteiger partial charge in [-0.1, -0.05) is 0 Å². The van der Waals surface area contributed by atoms with Crippen LogP contribution in [0.2, 0.25) is 0 Å². The Bertz CT molecular complexity index is 114. The first-order chi connectivity index (χ1) is 4.16. The number of hydrogen-bond acceptors (Lipinski definition) is 2. The molecule has 1 fully saturated rings. The van der Waals surface area contributed by atoms with E-state index in [1.54, 1.807) is 0 Å². The topological polar surface area (TPSA) is 46.2 Å². The molecule has 0 aromatic heterocycles. The van der Waals surface area contributed by atoms with Gasteiger partial charge >= 0.3 is 0 Å². The van der Waals surface area contributed by atoms with Crippen LogP contribution < -0.4 is 5.73 Å². The van der Waals surface area contributed by atoms with Crippen LogP contribution in [0.15, 0.2) is 0 Å². The van der Waals surface area contributed by atoms with Crippen LogP contribution in [0.5, 0.6) is 0 Å². The monoisotopic (exact) mass is 169 g/mol. The molecule has 0 aliphatic heterocycles. The van der Waals surface area contributed by atoms with Crippen LogP contribution in [0.1, 0.15) is 19.3 Å². The molecular weight excluding hydrogens is 157 g/mol. The van der Waals surface area contributed by atoms with Crippen molar-refractivity contribution >= 4 is 12.4 Å². The third-order valence-electron chi connectivity index (χ3n) is 1.87. The molecule has 0 aromatic rings. The highest BCUT2D eigenvalue weighted by molar-refractivity contribution is 5.85. The van der Waals surface area contributed by atoms with E-state index >= 15 is 0 Å². The molecule has 0 bridgehead atoms. The second kappa shape index (κ2) is 3.51. The summed E-state index contributed by atoms with van der Waals surface area (Å²) >= 11 is 0. The number of nitrogens with two attached hydrogens (primary N) is 1. The van der Waals surface area contributed by atoms with Crippen LogP contribution in [0, 0.1) is 0 Å². The molecule has 10 heavy (non-hydrogen) atoms. The van der Waals surface area contributed by atoms with Gasteiger partial charge in [0, 0.05) is 6.04 Å². The van der Waals surface area contributed by atoms with Crippen molar-refractivity contribution in [2.75, 3.05) is 6.67 Å². The number of alkyl halides is 1. The molecule has 0 radical (unpaired) electrons. The van der Waals surface area contributed by atoms with E-state index in [-0.39, 0.29) is 18.4 Å². The van der Waals surface area contributed by atoms with Crippen molar-refractivity contribution in [2.45, 2.75) is 30.9 Å². The standard InChI is InChI=1S/C6H12FNO.ClH/c7-4-6(9)2-1-5(8)3-6;/h5,9H,1-4,8H2;1H. The maximum Gasteiger partial charge on any atom is 0.118 e. The molecule has 1 rings (SSSR count). The molecule has 62 valence electrons. The number of halogens is 2. The summed E-state index contributed by atoms with van der Waals surface area (Å²) in [4.78, 5) is 0. The smallest absolute Gasteiger partial charge is 0.118 e. The summed E-state index contributed by atoms with van der Waals surface area (Å²) in [6, 6.07) is 0.00532. The SMILES string of the molecule is Cl.NC1CCC(O)(CF)C1. The van der Waals surface area contributed by atoms with Crippen molar-refractivity contribution in [1.29, 1.82) is 0 Å². The van der Waals surface area contributed by atoms with Gasteiger partial charge in [-0.05, 0) is 19.3 Å². The predicted octanol–water partition coefficient (Wildman–Crippen LogP) is 0.620. The van der Waals surface area contributed by atoms with Gasteiger partial charge in [-0.25, -0.2) is 4.39 Å². The summed E-state index contributed by atoms with van der Waals surface area (Å²) in [5.41, 5.74) is 4.38.